The second-order valence-electron chi connectivity index (χ2n) is 5.59. The van der Waals surface area contributed by atoms with Crippen LogP contribution in [-0.4, -0.2) is 30.4 Å². The maximum absolute atomic E-state index is 12.0. The molecule has 2 rings (SSSR count). The molecule has 0 aliphatic rings. The molecular formula is C19H21ClN2O4. The monoisotopic (exact) mass is 376 g/mol. The molecule has 0 unspecified atom stereocenters. The van der Waals surface area contributed by atoms with E-state index in [1.54, 1.807) is 24.3 Å². The molecule has 0 aromatic heterocycles. The quantitative estimate of drug-likeness (QED) is 0.565. The molecule has 7 heteroatoms. The number of hydrogen-bond acceptors (Lipinski definition) is 5. The molecule has 2 aromatic carbocycles. The molecule has 138 valence electrons. The summed E-state index contributed by atoms with van der Waals surface area (Å²) in [6, 6.07) is 9.59. The highest BCUT2D eigenvalue weighted by molar-refractivity contribution is 6.32. The lowest BCUT2D eigenvalue weighted by Gasteiger charge is -2.17. The molecule has 0 spiro atoms. The van der Waals surface area contributed by atoms with Gasteiger partial charge in [0.1, 0.15) is 5.75 Å². The molecule has 26 heavy (non-hydrogen) atoms. The predicted octanol–water partition coefficient (Wildman–Crippen LogP) is 4.00. The predicted molar refractivity (Wildman–Crippen MR) is 102 cm³/mol. The number of hydrazone groups is 1. The molecule has 1 atom stereocenters. The first kappa shape index (κ1) is 19.6. The highest BCUT2D eigenvalue weighted by atomic mass is 35.5. The van der Waals surface area contributed by atoms with Crippen molar-refractivity contribution in [3.63, 3.8) is 0 Å². The lowest BCUT2D eigenvalue weighted by molar-refractivity contribution is 0.0952. The van der Waals surface area contributed by atoms with Crippen molar-refractivity contribution >= 4 is 23.7 Å². The molecule has 1 amide bonds. The Hall–Kier alpha value is -2.73. The zero-order chi connectivity index (χ0) is 19.1. The van der Waals surface area contributed by atoms with Gasteiger partial charge >= 0.3 is 0 Å². The summed E-state index contributed by atoms with van der Waals surface area (Å²) < 4.78 is 11.1. The third-order valence-corrected chi connectivity index (χ3v) is 3.95. The number of ether oxygens (including phenoxy) is 2. The fraction of sp³-hybridized carbons (Fsp3) is 0.263. The normalized spacial score (nSPS) is 12.0. The SMILES string of the molecule is CC[C@@H](C)Oc1c(Cl)cc(/C=N/NC(=O)c2ccccc2O)cc1OC. The molecular weight excluding hydrogens is 356 g/mol. The number of nitrogens with zero attached hydrogens (tertiary/aromatic N) is 1. The van der Waals surface area contributed by atoms with Gasteiger partial charge in [-0.05, 0) is 43.2 Å². The average Bonchev–Trinajstić information content (AvgIpc) is 2.63. The number of aromatic hydroxyl groups is 1. The Morgan fingerprint density at radius 2 is 2.12 bits per heavy atom. The van der Waals surface area contributed by atoms with E-state index in [0.29, 0.717) is 22.1 Å². The molecule has 2 N–H and O–H groups in total. The maximum atomic E-state index is 12.0. The minimum absolute atomic E-state index is 0.00115. The smallest absolute Gasteiger partial charge is 0.275 e. The summed E-state index contributed by atoms with van der Waals surface area (Å²) in [4.78, 5) is 12.0. The van der Waals surface area contributed by atoms with E-state index in [2.05, 4.69) is 10.5 Å². The van der Waals surface area contributed by atoms with Crippen LogP contribution in [0.5, 0.6) is 17.2 Å². The number of phenolic OH excluding ortho intramolecular Hbond substituents is 1. The van der Waals surface area contributed by atoms with Gasteiger partial charge in [-0.3, -0.25) is 4.79 Å². The fourth-order valence-corrected chi connectivity index (χ4v) is 2.37. The van der Waals surface area contributed by atoms with Crippen LogP contribution in [0.4, 0.5) is 0 Å². The Bertz CT molecular complexity index is 808. The summed E-state index contributed by atoms with van der Waals surface area (Å²) in [5.41, 5.74) is 3.12. The van der Waals surface area contributed by atoms with Crippen LogP contribution in [0.1, 0.15) is 36.2 Å². The van der Waals surface area contributed by atoms with E-state index in [9.17, 15) is 9.90 Å². The van der Waals surface area contributed by atoms with Crippen LogP contribution >= 0.6 is 11.6 Å². The van der Waals surface area contributed by atoms with Gasteiger partial charge in [-0.2, -0.15) is 5.10 Å². The van der Waals surface area contributed by atoms with Crippen LogP contribution in [0, 0.1) is 0 Å². The van der Waals surface area contributed by atoms with Crippen LogP contribution in [0.3, 0.4) is 0 Å². The Morgan fingerprint density at radius 1 is 1.38 bits per heavy atom. The van der Waals surface area contributed by atoms with E-state index in [1.165, 1.54) is 25.5 Å². The first-order chi connectivity index (χ1) is 12.5. The first-order valence-electron chi connectivity index (χ1n) is 8.11. The highest BCUT2D eigenvalue weighted by Gasteiger charge is 2.14. The number of carbonyl (C=O) groups excluding carboxylic acids is 1. The third kappa shape index (κ3) is 4.89. The number of benzene rings is 2. The molecule has 0 radical (unpaired) electrons. The number of rotatable bonds is 7. The largest absolute Gasteiger partial charge is 0.507 e. The van der Waals surface area contributed by atoms with Crippen molar-refractivity contribution in [1.29, 1.82) is 0 Å². The number of nitrogens with one attached hydrogen (secondary N) is 1. The van der Waals surface area contributed by atoms with Crippen molar-refractivity contribution in [2.24, 2.45) is 5.10 Å². The standard InChI is InChI=1S/C19H21ClN2O4/c1-4-12(2)26-18-15(20)9-13(10-17(18)25-3)11-21-22-19(24)14-7-5-6-8-16(14)23/h5-12,23H,4H2,1-3H3,(H,22,24)/b21-11+/t12-/m1/s1. The zero-order valence-corrected chi connectivity index (χ0v) is 15.6. The summed E-state index contributed by atoms with van der Waals surface area (Å²) >= 11 is 6.29. The molecule has 0 aliphatic heterocycles. The van der Waals surface area contributed by atoms with Crippen molar-refractivity contribution in [2.45, 2.75) is 26.4 Å². The minimum Gasteiger partial charge on any atom is -0.507 e. The first-order valence-corrected chi connectivity index (χ1v) is 8.49. The van der Waals surface area contributed by atoms with E-state index in [1.807, 2.05) is 13.8 Å². The minimum atomic E-state index is -0.519. The van der Waals surface area contributed by atoms with E-state index >= 15 is 0 Å². The van der Waals surface area contributed by atoms with E-state index in [4.69, 9.17) is 21.1 Å². The molecule has 0 saturated heterocycles. The van der Waals surface area contributed by atoms with Gasteiger partial charge in [-0.15, -0.1) is 0 Å². The summed E-state index contributed by atoms with van der Waals surface area (Å²) in [7, 11) is 1.52. The fourth-order valence-electron chi connectivity index (χ4n) is 2.10. The third-order valence-electron chi connectivity index (χ3n) is 3.67. The second kappa shape index (κ2) is 9.10. The van der Waals surface area contributed by atoms with Crippen LogP contribution in [-0.2, 0) is 0 Å². The molecule has 0 fully saturated rings. The van der Waals surface area contributed by atoms with Crippen molar-refractivity contribution < 1.29 is 19.4 Å². The lowest BCUT2D eigenvalue weighted by atomic mass is 10.2. The summed E-state index contributed by atoms with van der Waals surface area (Å²) in [5.74, 6) is 0.316. The second-order valence-corrected chi connectivity index (χ2v) is 5.99. The zero-order valence-electron chi connectivity index (χ0n) is 14.8. The lowest BCUT2D eigenvalue weighted by Crippen LogP contribution is -2.17. The van der Waals surface area contributed by atoms with E-state index in [0.717, 1.165) is 6.42 Å². The van der Waals surface area contributed by atoms with E-state index < -0.39 is 5.91 Å². The van der Waals surface area contributed by atoms with Crippen LogP contribution < -0.4 is 14.9 Å². The van der Waals surface area contributed by atoms with Gasteiger partial charge in [-0.25, -0.2) is 5.43 Å². The van der Waals surface area contributed by atoms with Gasteiger partial charge in [0.25, 0.3) is 5.91 Å². The van der Waals surface area contributed by atoms with Gasteiger partial charge in [0.15, 0.2) is 11.5 Å². The van der Waals surface area contributed by atoms with E-state index in [-0.39, 0.29) is 17.4 Å². The summed E-state index contributed by atoms with van der Waals surface area (Å²) in [6.45, 7) is 3.96. The Labute approximate surface area is 157 Å². The van der Waals surface area contributed by atoms with Crippen molar-refractivity contribution in [3.05, 3.63) is 52.5 Å². The number of phenols is 1. The Morgan fingerprint density at radius 3 is 2.77 bits per heavy atom. The number of amides is 1. The van der Waals surface area contributed by atoms with Crippen molar-refractivity contribution in [2.75, 3.05) is 7.11 Å². The van der Waals surface area contributed by atoms with Crippen LogP contribution in [0.25, 0.3) is 0 Å². The summed E-state index contributed by atoms with van der Waals surface area (Å²) in [5, 5.41) is 13.9. The summed E-state index contributed by atoms with van der Waals surface area (Å²) in [6.07, 6.45) is 2.26. The number of hydrogen-bond donors (Lipinski definition) is 2. The van der Waals surface area contributed by atoms with Gasteiger partial charge in [0.2, 0.25) is 0 Å². The Balaban J connectivity index is 2.14. The highest BCUT2D eigenvalue weighted by Crippen LogP contribution is 2.37. The van der Waals surface area contributed by atoms with Crippen LogP contribution in [0.15, 0.2) is 41.5 Å². The molecule has 6 nitrogen and oxygen atoms in total. The van der Waals surface area contributed by atoms with Gasteiger partial charge in [0.05, 0.1) is 30.0 Å². The van der Waals surface area contributed by atoms with Gasteiger partial charge in [0, 0.05) is 0 Å². The number of methoxy groups -OCH3 is 1. The number of carbonyl (C=O) groups is 1. The van der Waals surface area contributed by atoms with Gasteiger partial charge in [-0.1, -0.05) is 30.7 Å². The topological polar surface area (TPSA) is 80.2 Å². The van der Waals surface area contributed by atoms with Crippen molar-refractivity contribution in [1.82, 2.24) is 5.43 Å². The molecule has 0 aliphatic carbocycles. The number of para-hydroxylation sites is 1. The van der Waals surface area contributed by atoms with Crippen molar-refractivity contribution in [3.8, 4) is 17.2 Å². The number of halogens is 1. The van der Waals surface area contributed by atoms with Crippen LogP contribution in [0.2, 0.25) is 5.02 Å². The maximum Gasteiger partial charge on any atom is 0.275 e. The Kier molecular flexibility index (Phi) is 6.86. The molecule has 0 saturated carbocycles. The molecule has 0 bridgehead atoms. The van der Waals surface area contributed by atoms with Gasteiger partial charge < -0.3 is 14.6 Å². The molecule has 2 aromatic rings. The average molecular weight is 377 g/mol. The molecule has 0 heterocycles.